The summed E-state index contributed by atoms with van der Waals surface area (Å²) in [6, 6.07) is 10.1. The van der Waals surface area contributed by atoms with Gasteiger partial charge in [0.1, 0.15) is 0 Å². The van der Waals surface area contributed by atoms with Gasteiger partial charge in [-0.05, 0) is 63.6 Å². The van der Waals surface area contributed by atoms with Crippen LogP contribution in [-0.4, -0.2) is 59.6 Å². The maximum atomic E-state index is 6.08. The number of nitrogens with one attached hydrogen (secondary N) is 1. The number of nitrogens with zero attached hydrogens (tertiary/aromatic N) is 5. The maximum Gasteiger partial charge on any atom is 0.225 e. The van der Waals surface area contributed by atoms with E-state index in [1.54, 1.807) is 0 Å². The van der Waals surface area contributed by atoms with Crippen LogP contribution in [0.25, 0.3) is 10.9 Å². The highest BCUT2D eigenvalue weighted by atomic mass is 35.5. The minimum atomic E-state index is 0.722. The van der Waals surface area contributed by atoms with Crippen molar-refractivity contribution in [2.24, 2.45) is 0 Å². The molecule has 1 N–H and O–H groups in total. The summed E-state index contributed by atoms with van der Waals surface area (Å²) in [6.45, 7) is 7.23. The Balaban J connectivity index is 1.15. The molecule has 0 bridgehead atoms. The van der Waals surface area contributed by atoms with E-state index >= 15 is 0 Å². The van der Waals surface area contributed by atoms with E-state index in [-0.39, 0.29) is 0 Å². The molecule has 3 aromatic rings. The topological polar surface area (TPSA) is 57.2 Å². The van der Waals surface area contributed by atoms with Gasteiger partial charge in [-0.2, -0.15) is 0 Å². The molecule has 6 nitrogen and oxygen atoms in total. The predicted octanol–water partition coefficient (Wildman–Crippen LogP) is 5.34. The predicted molar refractivity (Wildman–Crippen MR) is 139 cm³/mol. The first-order valence-corrected chi connectivity index (χ1v) is 12.5. The molecule has 0 radical (unpaired) electrons. The molecule has 0 saturated carbocycles. The quantitative estimate of drug-likeness (QED) is 0.407. The Kier molecular flexibility index (Phi) is 8.35. The number of pyridine rings is 1. The Morgan fingerprint density at radius 3 is 2.58 bits per heavy atom. The van der Waals surface area contributed by atoms with Crippen molar-refractivity contribution < 1.29 is 0 Å². The number of hydrogen-bond acceptors (Lipinski definition) is 6. The van der Waals surface area contributed by atoms with Gasteiger partial charge in [0.15, 0.2) is 0 Å². The lowest BCUT2D eigenvalue weighted by molar-refractivity contribution is 0.311. The molecule has 176 valence electrons. The molecule has 1 saturated heterocycles. The Bertz CT molecular complexity index is 1050. The molecule has 1 fully saturated rings. The molecule has 0 aliphatic carbocycles. The molecule has 4 rings (SSSR count). The molecule has 1 aliphatic heterocycles. The zero-order chi connectivity index (χ0) is 23.0. The summed E-state index contributed by atoms with van der Waals surface area (Å²) in [7, 11) is 2.17. The van der Waals surface area contributed by atoms with E-state index in [4.69, 9.17) is 16.6 Å². The number of benzene rings is 1. The highest BCUT2D eigenvalue weighted by Gasteiger charge is 2.17. The van der Waals surface area contributed by atoms with Crippen LogP contribution in [0.1, 0.15) is 43.5 Å². The number of halogens is 1. The van der Waals surface area contributed by atoms with Crippen molar-refractivity contribution in [2.75, 3.05) is 50.0 Å². The van der Waals surface area contributed by atoms with Crippen LogP contribution in [0.15, 0.2) is 36.5 Å². The number of piperazine rings is 1. The average Bonchev–Trinajstić information content (AvgIpc) is 2.80. The molecule has 1 aliphatic rings. The second kappa shape index (κ2) is 11.6. The van der Waals surface area contributed by atoms with Gasteiger partial charge in [-0.1, -0.05) is 30.9 Å². The lowest BCUT2D eigenvalue weighted by Crippen LogP contribution is -2.45. The molecule has 33 heavy (non-hydrogen) atoms. The molecular weight excluding hydrogens is 432 g/mol. The van der Waals surface area contributed by atoms with E-state index in [0.29, 0.717) is 0 Å². The molecular formula is C26H35ClN6. The monoisotopic (exact) mass is 466 g/mol. The van der Waals surface area contributed by atoms with Crippen molar-refractivity contribution in [3.05, 3.63) is 52.9 Å². The standard InChI is InChI=1S/C26H35ClN6/c1-20-18-22(31-26(30-20)33-16-14-32(2)15-17-33)8-6-4-3-5-7-12-28-24-11-13-29-25-19-21(27)9-10-23(24)25/h9-11,13,18-19H,3-8,12,14-17H2,1-2H3,(H,28,29). The van der Waals surface area contributed by atoms with Gasteiger partial charge in [0, 0.05) is 66.4 Å². The van der Waals surface area contributed by atoms with Gasteiger partial charge in [0.25, 0.3) is 0 Å². The summed E-state index contributed by atoms with van der Waals surface area (Å²) in [5.41, 5.74) is 4.32. The van der Waals surface area contributed by atoms with Crippen LogP contribution < -0.4 is 10.2 Å². The third-order valence-electron chi connectivity index (χ3n) is 6.31. The van der Waals surface area contributed by atoms with E-state index in [2.05, 4.69) is 45.1 Å². The van der Waals surface area contributed by atoms with Gasteiger partial charge in [-0.15, -0.1) is 0 Å². The smallest absolute Gasteiger partial charge is 0.225 e. The highest BCUT2D eigenvalue weighted by Crippen LogP contribution is 2.24. The first-order chi connectivity index (χ1) is 16.1. The lowest BCUT2D eigenvalue weighted by Gasteiger charge is -2.32. The van der Waals surface area contributed by atoms with Gasteiger partial charge in [0.2, 0.25) is 5.95 Å². The van der Waals surface area contributed by atoms with E-state index in [0.717, 1.165) is 78.8 Å². The SMILES string of the molecule is Cc1cc(CCCCCCCNc2ccnc3cc(Cl)ccc23)nc(N2CCN(C)CC2)n1. The van der Waals surface area contributed by atoms with Gasteiger partial charge < -0.3 is 15.1 Å². The summed E-state index contributed by atoms with van der Waals surface area (Å²) in [5, 5.41) is 5.41. The first kappa shape index (κ1) is 23.7. The normalized spacial score (nSPS) is 14.7. The summed E-state index contributed by atoms with van der Waals surface area (Å²) >= 11 is 6.08. The third kappa shape index (κ3) is 6.78. The van der Waals surface area contributed by atoms with Crippen molar-refractivity contribution in [3.8, 4) is 0 Å². The second-order valence-corrected chi connectivity index (χ2v) is 9.49. The Labute approximate surface area is 202 Å². The number of aryl methyl sites for hydroxylation is 2. The molecule has 0 atom stereocenters. The molecule has 2 aromatic heterocycles. The van der Waals surface area contributed by atoms with Gasteiger partial charge in [-0.25, -0.2) is 9.97 Å². The summed E-state index contributed by atoms with van der Waals surface area (Å²) in [5.74, 6) is 0.912. The van der Waals surface area contributed by atoms with Crippen LogP contribution in [0, 0.1) is 6.92 Å². The van der Waals surface area contributed by atoms with E-state index in [9.17, 15) is 0 Å². The molecule has 7 heteroatoms. The lowest BCUT2D eigenvalue weighted by atomic mass is 10.1. The van der Waals surface area contributed by atoms with E-state index in [1.807, 2.05) is 30.5 Å². The minimum Gasteiger partial charge on any atom is -0.384 e. The second-order valence-electron chi connectivity index (χ2n) is 9.06. The fourth-order valence-corrected chi connectivity index (χ4v) is 4.52. The zero-order valence-corrected chi connectivity index (χ0v) is 20.6. The van der Waals surface area contributed by atoms with Gasteiger partial charge in [-0.3, -0.25) is 4.98 Å². The van der Waals surface area contributed by atoms with Crippen LogP contribution in [-0.2, 0) is 6.42 Å². The Hall–Kier alpha value is -2.44. The number of likely N-dealkylation sites (N-methyl/N-ethyl adjacent to an activating group) is 1. The van der Waals surface area contributed by atoms with Crippen molar-refractivity contribution in [2.45, 2.75) is 45.4 Å². The summed E-state index contributed by atoms with van der Waals surface area (Å²) in [6.07, 6.45) is 8.95. The van der Waals surface area contributed by atoms with Crippen LogP contribution in [0.4, 0.5) is 11.6 Å². The fraction of sp³-hybridized carbons (Fsp3) is 0.500. The number of unbranched alkanes of at least 4 members (excludes halogenated alkanes) is 4. The van der Waals surface area contributed by atoms with E-state index < -0.39 is 0 Å². The van der Waals surface area contributed by atoms with Crippen molar-refractivity contribution >= 4 is 34.1 Å². The van der Waals surface area contributed by atoms with Crippen LogP contribution >= 0.6 is 11.6 Å². The van der Waals surface area contributed by atoms with Crippen molar-refractivity contribution in [3.63, 3.8) is 0 Å². The number of aromatic nitrogens is 3. The summed E-state index contributed by atoms with van der Waals surface area (Å²) < 4.78 is 0. The van der Waals surface area contributed by atoms with Crippen LogP contribution in [0.2, 0.25) is 5.02 Å². The third-order valence-corrected chi connectivity index (χ3v) is 6.55. The van der Waals surface area contributed by atoms with Crippen LogP contribution in [0.3, 0.4) is 0 Å². The van der Waals surface area contributed by atoms with Gasteiger partial charge in [0.05, 0.1) is 5.52 Å². The molecule has 1 aromatic carbocycles. The van der Waals surface area contributed by atoms with Crippen molar-refractivity contribution in [1.82, 2.24) is 19.9 Å². The molecule has 3 heterocycles. The minimum absolute atomic E-state index is 0.722. The molecule has 0 spiro atoms. The maximum absolute atomic E-state index is 6.08. The number of rotatable bonds is 10. The van der Waals surface area contributed by atoms with Crippen LogP contribution in [0.5, 0.6) is 0 Å². The summed E-state index contributed by atoms with van der Waals surface area (Å²) in [4.78, 5) is 18.6. The Morgan fingerprint density at radius 1 is 0.939 bits per heavy atom. The highest BCUT2D eigenvalue weighted by molar-refractivity contribution is 6.31. The molecule has 0 unspecified atom stereocenters. The molecule has 0 amide bonds. The zero-order valence-electron chi connectivity index (χ0n) is 19.9. The Morgan fingerprint density at radius 2 is 1.73 bits per heavy atom. The fourth-order valence-electron chi connectivity index (χ4n) is 4.35. The average molecular weight is 467 g/mol. The number of anilines is 2. The number of fused-ring (bicyclic) bond motifs is 1. The van der Waals surface area contributed by atoms with E-state index in [1.165, 1.54) is 31.4 Å². The first-order valence-electron chi connectivity index (χ1n) is 12.1. The van der Waals surface area contributed by atoms with Crippen molar-refractivity contribution in [1.29, 1.82) is 0 Å². The largest absolute Gasteiger partial charge is 0.384 e. The van der Waals surface area contributed by atoms with Gasteiger partial charge >= 0.3 is 0 Å². The number of hydrogen-bond donors (Lipinski definition) is 1.